The van der Waals surface area contributed by atoms with Crippen LogP contribution in [0.3, 0.4) is 0 Å². The fourth-order valence-corrected chi connectivity index (χ4v) is 2.02. The van der Waals surface area contributed by atoms with E-state index in [2.05, 4.69) is 46.3 Å². The van der Waals surface area contributed by atoms with E-state index in [4.69, 9.17) is 9.26 Å². The van der Waals surface area contributed by atoms with E-state index in [9.17, 15) is 0 Å². The molecule has 3 rings (SSSR count). The Bertz CT molecular complexity index is 802. The van der Waals surface area contributed by atoms with Gasteiger partial charge in [0.15, 0.2) is 5.76 Å². The van der Waals surface area contributed by atoms with E-state index in [0.29, 0.717) is 29.6 Å². The molecule has 0 aliphatic carbocycles. The van der Waals surface area contributed by atoms with E-state index < -0.39 is 0 Å². The van der Waals surface area contributed by atoms with Gasteiger partial charge in [0.1, 0.15) is 6.54 Å². The van der Waals surface area contributed by atoms with Gasteiger partial charge >= 0.3 is 0 Å². The minimum Gasteiger partial charge on any atom is -0.480 e. The minimum atomic E-state index is -0.0637. The van der Waals surface area contributed by atoms with Crippen molar-refractivity contribution in [1.29, 1.82) is 0 Å². The maximum absolute atomic E-state index is 5.34. The molecular formula is C15H18N6O2. The minimum absolute atomic E-state index is 0.0637. The van der Waals surface area contributed by atoms with Gasteiger partial charge in [-0.15, -0.1) is 10.2 Å². The highest BCUT2D eigenvalue weighted by Crippen LogP contribution is 2.24. The fourth-order valence-electron chi connectivity index (χ4n) is 2.02. The summed E-state index contributed by atoms with van der Waals surface area (Å²) >= 11 is 0. The number of hydrogen-bond donors (Lipinski definition) is 0. The molecular weight excluding hydrogens is 296 g/mol. The van der Waals surface area contributed by atoms with Gasteiger partial charge in [-0.3, -0.25) is 0 Å². The molecule has 0 spiro atoms. The first-order valence-corrected chi connectivity index (χ1v) is 7.20. The van der Waals surface area contributed by atoms with Gasteiger partial charge in [0, 0.05) is 17.7 Å². The van der Waals surface area contributed by atoms with E-state index in [1.54, 1.807) is 19.4 Å². The summed E-state index contributed by atoms with van der Waals surface area (Å²) in [5, 5.41) is 16.5. The Morgan fingerprint density at radius 3 is 2.83 bits per heavy atom. The van der Waals surface area contributed by atoms with Crippen molar-refractivity contribution in [2.75, 3.05) is 7.11 Å². The van der Waals surface area contributed by atoms with Crippen molar-refractivity contribution < 1.29 is 9.26 Å². The standard InChI is InChI=1S/C15H18N6O2/c1-15(2,3)12-8-10(23-19-12)9-21-18-13(17-20-21)11-6-5-7-16-14(11)22-4/h5-8H,9H2,1-4H3. The second kappa shape index (κ2) is 5.79. The Morgan fingerprint density at radius 2 is 2.13 bits per heavy atom. The van der Waals surface area contributed by atoms with Crippen molar-refractivity contribution in [2.45, 2.75) is 32.7 Å². The van der Waals surface area contributed by atoms with Gasteiger partial charge in [0.2, 0.25) is 11.7 Å². The highest BCUT2D eigenvalue weighted by molar-refractivity contribution is 5.60. The second-order valence-electron chi connectivity index (χ2n) is 6.13. The molecule has 3 aromatic heterocycles. The molecule has 0 atom stereocenters. The van der Waals surface area contributed by atoms with Crippen LogP contribution in [0.4, 0.5) is 0 Å². The monoisotopic (exact) mass is 314 g/mol. The summed E-state index contributed by atoms with van der Waals surface area (Å²) in [5.41, 5.74) is 1.52. The van der Waals surface area contributed by atoms with E-state index >= 15 is 0 Å². The largest absolute Gasteiger partial charge is 0.480 e. The zero-order valence-electron chi connectivity index (χ0n) is 13.5. The molecule has 0 aromatic carbocycles. The summed E-state index contributed by atoms with van der Waals surface area (Å²) < 4.78 is 10.6. The van der Waals surface area contributed by atoms with Gasteiger partial charge in [0.05, 0.1) is 18.4 Å². The van der Waals surface area contributed by atoms with Crippen LogP contribution in [0.2, 0.25) is 0 Å². The van der Waals surface area contributed by atoms with E-state index in [-0.39, 0.29) is 5.41 Å². The molecule has 0 bridgehead atoms. The smallest absolute Gasteiger partial charge is 0.224 e. The third kappa shape index (κ3) is 3.20. The van der Waals surface area contributed by atoms with Crippen LogP contribution in [0, 0.1) is 0 Å². The summed E-state index contributed by atoms with van der Waals surface area (Å²) in [7, 11) is 1.55. The SMILES string of the molecule is COc1ncccc1-c1nnn(Cc2cc(C(C)(C)C)no2)n1. The number of rotatable bonds is 4. The van der Waals surface area contributed by atoms with Crippen molar-refractivity contribution in [2.24, 2.45) is 0 Å². The molecule has 8 nitrogen and oxygen atoms in total. The Labute approximate surface area is 133 Å². The fraction of sp³-hybridized carbons (Fsp3) is 0.400. The predicted molar refractivity (Wildman–Crippen MR) is 81.9 cm³/mol. The van der Waals surface area contributed by atoms with Crippen LogP contribution in [0.25, 0.3) is 11.4 Å². The van der Waals surface area contributed by atoms with Crippen molar-refractivity contribution in [3.05, 3.63) is 35.9 Å². The van der Waals surface area contributed by atoms with Gasteiger partial charge < -0.3 is 9.26 Å². The lowest BCUT2D eigenvalue weighted by Gasteiger charge is -2.12. The first-order chi connectivity index (χ1) is 11.0. The molecule has 8 heteroatoms. The molecule has 0 unspecified atom stereocenters. The van der Waals surface area contributed by atoms with Crippen LogP contribution in [-0.2, 0) is 12.0 Å². The van der Waals surface area contributed by atoms with Crippen LogP contribution >= 0.6 is 0 Å². The summed E-state index contributed by atoms with van der Waals surface area (Å²) in [6.45, 7) is 6.60. The van der Waals surface area contributed by atoms with Crippen molar-refractivity contribution in [3.63, 3.8) is 0 Å². The van der Waals surface area contributed by atoms with Gasteiger partial charge in [-0.2, -0.15) is 4.80 Å². The molecule has 3 heterocycles. The second-order valence-corrected chi connectivity index (χ2v) is 6.13. The highest BCUT2D eigenvalue weighted by atomic mass is 16.5. The van der Waals surface area contributed by atoms with Crippen LogP contribution in [0.1, 0.15) is 32.2 Å². The zero-order valence-corrected chi connectivity index (χ0v) is 13.5. The van der Waals surface area contributed by atoms with Crippen LogP contribution < -0.4 is 4.74 Å². The molecule has 0 aliphatic rings. The Kier molecular flexibility index (Phi) is 3.81. The molecule has 23 heavy (non-hydrogen) atoms. The van der Waals surface area contributed by atoms with Gasteiger partial charge in [-0.25, -0.2) is 4.98 Å². The topological polar surface area (TPSA) is 91.8 Å². The zero-order chi connectivity index (χ0) is 16.4. The third-order valence-corrected chi connectivity index (χ3v) is 3.28. The third-order valence-electron chi connectivity index (χ3n) is 3.28. The van der Waals surface area contributed by atoms with Crippen molar-refractivity contribution >= 4 is 0 Å². The number of hydrogen-bond acceptors (Lipinski definition) is 7. The summed E-state index contributed by atoms with van der Waals surface area (Å²) in [6.07, 6.45) is 1.65. The molecule has 0 radical (unpaired) electrons. The van der Waals surface area contributed by atoms with E-state index in [1.165, 1.54) is 4.80 Å². The number of aromatic nitrogens is 6. The number of pyridine rings is 1. The maximum Gasteiger partial charge on any atom is 0.224 e. The Hall–Kier alpha value is -2.77. The van der Waals surface area contributed by atoms with Crippen LogP contribution in [-0.4, -0.2) is 37.5 Å². The van der Waals surface area contributed by atoms with Crippen LogP contribution in [0.15, 0.2) is 28.9 Å². The normalized spacial score (nSPS) is 11.7. The maximum atomic E-state index is 5.34. The molecule has 120 valence electrons. The lowest BCUT2D eigenvalue weighted by atomic mass is 9.92. The quantitative estimate of drug-likeness (QED) is 0.728. The lowest BCUT2D eigenvalue weighted by Crippen LogP contribution is -2.11. The average Bonchev–Trinajstić information content (AvgIpc) is 3.16. The number of ether oxygens (including phenoxy) is 1. The number of methoxy groups -OCH3 is 1. The molecule has 0 aliphatic heterocycles. The van der Waals surface area contributed by atoms with Crippen molar-refractivity contribution in [1.82, 2.24) is 30.3 Å². The molecule has 0 amide bonds. The molecule has 0 saturated heterocycles. The van der Waals surface area contributed by atoms with Gasteiger partial charge in [-0.05, 0) is 17.3 Å². The molecule has 0 N–H and O–H groups in total. The number of tetrazole rings is 1. The van der Waals surface area contributed by atoms with Gasteiger partial charge in [0.25, 0.3) is 0 Å². The highest BCUT2D eigenvalue weighted by Gasteiger charge is 2.19. The van der Waals surface area contributed by atoms with Gasteiger partial charge in [-0.1, -0.05) is 25.9 Å². The summed E-state index contributed by atoms with van der Waals surface area (Å²) in [5.74, 6) is 1.59. The first kappa shape index (κ1) is 15.1. The van der Waals surface area contributed by atoms with E-state index in [1.807, 2.05) is 12.1 Å². The average molecular weight is 314 g/mol. The van der Waals surface area contributed by atoms with Crippen molar-refractivity contribution in [3.8, 4) is 17.3 Å². The first-order valence-electron chi connectivity index (χ1n) is 7.20. The Balaban J connectivity index is 1.81. The molecule has 0 saturated carbocycles. The molecule has 0 fully saturated rings. The lowest BCUT2D eigenvalue weighted by molar-refractivity contribution is 0.348. The predicted octanol–water partition coefficient (Wildman–Crippen LogP) is 2.08. The van der Waals surface area contributed by atoms with E-state index in [0.717, 1.165) is 5.69 Å². The Morgan fingerprint density at radius 1 is 1.30 bits per heavy atom. The van der Waals surface area contributed by atoms with Crippen LogP contribution in [0.5, 0.6) is 5.88 Å². The summed E-state index contributed by atoms with van der Waals surface area (Å²) in [4.78, 5) is 5.58. The number of nitrogens with zero attached hydrogens (tertiary/aromatic N) is 6. The molecule has 3 aromatic rings. The summed E-state index contributed by atoms with van der Waals surface area (Å²) in [6, 6.07) is 5.54.